The minimum absolute atomic E-state index is 0.253. The first kappa shape index (κ1) is 21.3. The van der Waals surface area contributed by atoms with Crippen LogP contribution < -0.4 is 19.5 Å². The molecular weight excluding hydrogens is 402 g/mol. The second kappa shape index (κ2) is 9.89. The van der Waals surface area contributed by atoms with Crippen LogP contribution in [0, 0.1) is 0 Å². The van der Waals surface area contributed by atoms with E-state index in [2.05, 4.69) is 10.3 Å². The molecule has 0 atom stereocenters. The number of anilines is 1. The van der Waals surface area contributed by atoms with Crippen LogP contribution in [0.15, 0.2) is 64.9 Å². The highest BCUT2D eigenvalue weighted by Gasteiger charge is 2.13. The molecule has 0 bridgehead atoms. The van der Waals surface area contributed by atoms with Gasteiger partial charge in [0.15, 0.2) is 16.7 Å². The second-order valence-electron chi connectivity index (χ2n) is 6.20. The van der Waals surface area contributed by atoms with Gasteiger partial charge in [0.25, 0.3) is 0 Å². The number of imidazole rings is 1. The Labute approximate surface area is 179 Å². The van der Waals surface area contributed by atoms with Crippen LogP contribution in [-0.4, -0.2) is 36.8 Å². The molecule has 0 unspecified atom stereocenters. The molecule has 0 saturated carbocycles. The monoisotopic (exact) mass is 425 g/mol. The molecule has 1 heterocycles. The molecule has 2 aromatic carbocycles. The van der Waals surface area contributed by atoms with Gasteiger partial charge in [0, 0.05) is 30.4 Å². The number of carbonyl (C=O) groups excluding carboxylic acids is 1. The number of carbonyl (C=O) groups is 1. The molecule has 0 saturated heterocycles. The highest BCUT2D eigenvalue weighted by Crippen LogP contribution is 2.38. The summed E-state index contributed by atoms with van der Waals surface area (Å²) in [6.45, 7) is 0. The Morgan fingerprint density at radius 3 is 2.40 bits per heavy atom. The number of aryl methyl sites for hydroxylation is 1. The lowest BCUT2D eigenvalue weighted by atomic mass is 10.1. The number of hydrogen-bond acceptors (Lipinski definition) is 6. The number of ether oxygens (including phenoxy) is 3. The van der Waals surface area contributed by atoms with E-state index in [1.165, 1.54) is 17.8 Å². The van der Waals surface area contributed by atoms with E-state index in [0.29, 0.717) is 22.9 Å². The summed E-state index contributed by atoms with van der Waals surface area (Å²) < 4.78 is 17.9. The summed E-state index contributed by atoms with van der Waals surface area (Å²) in [6.07, 6.45) is 6.77. The second-order valence-corrected chi connectivity index (χ2v) is 7.21. The molecule has 0 aliphatic carbocycles. The van der Waals surface area contributed by atoms with E-state index in [1.54, 1.807) is 45.7 Å². The van der Waals surface area contributed by atoms with Gasteiger partial charge >= 0.3 is 0 Å². The van der Waals surface area contributed by atoms with E-state index in [-0.39, 0.29) is 5.91 Å². The zero-order valence-corrected chi connectivity index (χ0v) is 18.0. The molecule has 0 radical (unpaired) electrons. The molecule has 156 valence electrons. The van der Waals surface area contributed by atoms with Crippen LogP contribution >= 0.6 is 11.8 Å². The largest absolute Gasteiger partial charge is 0.493 e. The Bertz CT molecular complexity index is 1040. The minimum Gasteiger partial charge on any atom is -0.493 e. The third-order valence-electron chi connectivity index (χ3n) is 4.24. The van der Waals surface area contributed by atoms with Crippen LogP contribution in [0.25, 0.3) is 6.08 Å². The molecule has 1 amide bonds. The summed E-state index contributed by atoms with van der Waals surface area (Å²) in [5, 5.41) is 3.76. The molecule has 0 aliphatic rings. The van der Waals surface area contributed by atoms with E-state index in [4.69, 9.17) is 14.2 Å². The third kappa shape index (κ3) is 4.96. The topological polar surface area (TPSA) is 74.6 Å². The Hall–Kier alpha value is -3.39. The van der Waals surface area contributed by atoms with Gasteiger partial charge < -0.3 is 24.1 Å². The normalized spacial score (nSPS) is 10.8. The standard InChI is InChI=1S/C22H23N3O4S/c1-25-12-11-23-22(25)30-19-8-6-5-7-16(19)24-20(26)10-9-15-13-17(27-2)21(29-4)18(14-15)28-3/h5-14H,1-4H3,(H,24,26)/b10-9+. The molecule has 1 aromatic heterocycles. The van der Waals surface area contributed by atoms with Gasteiger partial charge in [-0.2, -0.15) is 0 Å². The molecule has 3 rings (SSSR count). The molecule has 8 heteroatoms. The van der Waals surface area contributed by atoms with Crippen LogP contribution in [-0.2, 0) is 11.8 Å². The molecule has 0 aliphatic heterocycles. The molecule has 30 heavy (non-hydrogen) atoms. The number of hydrogen-bond donors (Lipinski definition) is 1. The fourth-order valence-corrected chi connectivity index (χ4v) is 3.64. The van der Waals surface area contributed by atoms with E-state index in [9.17, 15) is 4.79 Å². The Kier molecular flexibility index (Phi) is 7.03. The first-order valence-corrected chi connectivity index (χ1v) is 9.90. The minimum atomic E-state index is -0.253. The number of nitrogens with zero attached hydrogens (tertiary/aromatic N) is 2. The maximum Gasteiger partial charge on any atom is 0.248 e. The molecule has 7 nitrogen and oxygen atoms in total. The van der Waals surface area contributed by atoms with Gasteiger partial charge in [0.05, 0.1) is 27.0 Å². The summed E-state index contributed by atoms with van der Waals surface area (Å²) in [5.41, 5.74) is 1.46. The van der Waals surface area contributed by atoms with Gasteiger partial charge in [-0.25, -0.2) is 4.98 Å². The average molecular weight is 426 g/mol. The molecule has 1 N–H and O–H groups in total. The Morgan fingerprint density at radius 2 is 1.80 bits per heavy atom. The summed E-state index contributed by atoms with van der Waals surface area (Å²) in [4.78, 5) is 17.7. The quantitative estimate of drug-likeness (QED) is 0.544. The maximum absolute atomic E-state index is 12.5. The van der Waals surface area contributed by atoms with Crippen molar-refractivity contribution in [1.82, 2.24) is 9.55 Å². The molecule has 0 spiro atoms. The number of nitrogens with one attached hydrogen (secondary N) is 1. The predicted octanol–water partition coefficient (Wildman–Crippen LogP) is 4.25. The van der Waals surface area contributed by atoms with Gasteiger partial charge in [0.1, 0.15) is 0 Å². The number of rotatable bonds is 8. The van der Waals surface area contributed by atoms with E-state index in [0.717, 1.165) is 15.6 Å². The number of amides is 1. The average Bonchev–Trinajstić information content (AvgIpc) is 3.17. The smallest absolute Gasteiger partial charge is 0.248 e. The highest BCUT2D eigenvalue weighted by molar-refractivity contribution is 7.99. The van der Waals surface area contributed by atoms with Crippen molar-refractivity contribution in [1.29, 1.82) is 0 Å². The number of methoxy groups -OCH3 is 3. The molecule has 3 aromatic rings. The lowest BCUT2D eigenvalue weighted by Gasteiger charge is -2.13. The summed E-state index contributed by atoms with van der Waals surface area (Å²) in [6, 6.07) is 11.1. The number of aromatic nitrogens is 2. The Morgan fingerprint density at radius 1 is 1.10 bits per heavy atom. The molecule has 0 fully saturated rings. The van der Waals surface area contributed by atoms with Crippen LogP contribution in [0.5, 0.6) is 17.2 Å². The van der Waals surface area contributed by atoms with Gasteiger partial charge in [-0.05, 0) is 47.7 Å². The SMILES string of the molecule is COc1cc(/C=C/C(=O)Nc2ccccc2Sc2nccn2C)cc(OC)c1OC. The van der Waals surface area contributed by atoms with Crippen LogP contribution in [0.2, 0.25) is 0 Å². The zero-order valence-electron chi connectivity index (χ0n) is 17.2. The lowest BCUT2D eigenvalue weighted by Crippen LogP contribution is -2.08. The summed E-state index contributed by atoms with van der Waals surface area (Å²) >= 11 is 1.48. The van der Waals surface area contributed by atoms with Crippen molar-refractivity contribution in [3.63, 3.8) is 0 Å². The fourth-order valence-electron chi connectivity index (χ4n) is 2.75. The van der Waals surface area contributed by atoms with Gasteiger partial charge in [0.2, 0.25) is 11.7 Å². The van der Waals surface area contributed by atoms with Crippen LogP contribution in [0.3, 0.4) is 0 Å². The zero-order chi connectivity index (χ0) is 21.5. The maximum atomic E-state index is 12.5. The first-order chi connectivity index (χ1) is 14.5. The van der Waals surface area contributed by atoms with E-state index in [1.807, 2.05) is 42.1 Å². The fraction of sp³-hybridized carbons (Fsp3) is 0.182. The number of benzene rings is 2. The van der Waals surface area contributed by atoms with Gasteiger partial charge in [-0.3, -0.25) is 4.79 Å². The van der Waals surface area contributed by atoms with Gasteiger partial charge in [-0.1, -0.05) is 12.1 Å². The van der Waals surface area contributed by atoms with Crippen LogP contribution in [0.1, 0.15) is 5.56 Å². The highest BCUT2D eigenvalue weighted by atomic mass is 32.2. The van der Waals surface area contributed by atoms with Crippen molar-refractivity contribution in [2.45, 2.75) is 10.1 Å². The van der Waals surface area contributed by atoms with Crippen molar-refractivity contribution < 1.29 is 19.0 Å². The van der Waals surface area contributed by atoms with Crippen molar-refractivity contribution in [3.8, 4) is 17.2 Å². The predicted molar refractivity (Wildman–Crippen MR) is 118 cm³/mol. The summed E-state index contributed by atoms with van der Waals surface area (Å²) in [5.74, 6) is 1.29. The van der Waals surface area contributed by atoms with Crippen LogP contribution in [0.4, 0.5) is 5.69 Å². The first-order valence-electron chi connectivity index (χ1n) is 9.09. The number of para-hydroxylation sites is 1. The third-order valence-corrected chi connectivity index (χ3v) is 5.39. The lowest BCUT2D eigenvalue weighted by molar-refractivity contribution is -0.111. The van der Waals surface area contributed by atoms with Crippen molar-refractivity contribution in [2.75, 3.05) is 26.6 Å². The van der Waals surface area contributed by atoms with Crippen molar-refractivity contribution in [2.24, 2.45) is 7.05 Å². The van der Waals surface area contributed by atoms with Crippen molar-refractivity contribution >= 4 is 29.4 Å². The van der Waals surface area contributed by atoms with E-state index < -0.39 is 0 Å². The van der Waals surface area contributed by atoms with E-state index >= 15 is 0 Å². The molecular formula is C22H23N3O4S. The summed E-state index contributed by atoms with van der Waals surface area (Å²) in [7, 11) is 6.57. The van der Waals surface area contributed by atoms with Gasteiger partial charge in [-0.15, -0.1) is 0 Å². The Balaban J connectivity index is 1.76. The van der Waals surface area contributed by atoms with Crippen molar-refractivity contribution in [3.05, 3.63) is 60.4 Å².